The molecule has 0 aromatic heterocycles. The van der Waals surface area contributed by atoms with E-state index in [9.17, 15) is 4.79 Å². The zero-order chi connectivity index (χ0) is 14.7. The molecule has 3 rings (SSSR count). The second kappa shape index (κ2) is 5.87. The van der Waals surface area contributed by atoms with Crippen LogP contribution in [0.1, 0.15) is 12.5 Å². The third kappa shape index (κ3) is 2.84. The van der Waals surface area contributed by atoms with Crippen molar-refractivity contribution in [1.29, 1.82) is 0 Å². The van der Waals surface area contributed by atoms with E-state index in [1.165, 1.54) is 0 Å². The summed E-state index contributed by atoms with van der Waals surface area (Å²) < 4.78 is 11.0. The summed E-state index contributed by atoms with van der Waals surface area (Å²) in [6, 6.07) is 15.3. The Labute approximate surface area is 123 Å². The van der Waals surface area contributed by atoms with Crippen LogP contribution in [0.2, 0.25) is 0 Å². The molecule has 0 saturated heterocycles. The first-order chi connectivity index (χ1) is 10.3. The Morgan fingerprint density at radius 3 is 2.67 bits per heavy atom. The molecular weight excluding hydrogens is 266 g/mol. The number of carbonyl (C=O) groups is 1. The Hall–Kier alpha value is -2.49. The zero-order valence-electron chi connectivity index (χ0n) is 11.9. The zero-order valence-corrected chi connectivity index (χ0v) is 11.9. The van der Waals surface area contributed by atoms with E-state index in [1.54, 1.807) is 4.90 Å². The minimum atomic E-state index is -0.0460. The summed E-state index contributed by atoms with van der Waals surface area (Å²) >= 11 is 0. The van der Waals surface area contributed by atoms with Crippen molar-refractivity contribution in [2.75, 3.05) is 18.1 Å². The van der Waals surface area contributed by atoms with Crippen LogP contribution in [-0.4, -0.2) is 19.1 Å². The lowest BCUT2D eigenvalue weighted by atomic mass is 10.2. The molecule has 2 aromatic carbocycles. The van der Waals surface area contributed by atoms with Gasteiger partial charge in [-0.05, 0) is 37.3 Å². The summed E-state index contributed by atoms with van der Waals surface area (Å²) in [5.41, 5.74) is 1.86. The van der Waals surface area contributed by atoms with E-state index in [0.717, 1.165) is 22.7 Å². The first kappa shape index (κ1) is 13.5. The molecule has 21 heavy (non-hydrogen) atoms. The van der Waals surface area contributed by atoms with Gasteiger partial charge in [0.15, 0.2) is 6.61 Å². The summed E-state index contributed by atoms with van der Waals surface area (Å²) in [5, 5.41) is 0. The molecule has 0 bridgehead atoms. The predicted octanol–water partition coefficient (Wildman–Crippen LogP) is 3.01. The van der Waals surface area contributed by atoms with Gasteiger partial charge in [-0.2, -0.15) is 0 Å². The fourth-order valence-electron chi connectivity index (χ4n) is 2.38. The highest BCUT2D eigenvalue weighted by molar-refractivity contribution is 5.95. The molecule has 1 heterocycles. The van der Waals surface area contributed by atoms with Crippen LogP contribution in [0.3, 0.4) is 0 Å². The van der Waals surface area contributed by atoms with Gasteiger partial charge in [-0.1, -0.05) is 18.2 Å². The fraction of sp³-hybridized carbons (Fsp3) is 0.235. The Bertz CT molecular complexity index is 637. The van der Waals surface area contributed by atoms with Crippen molar-refractivity contribution in [3.63, 3.8) is 0 Å². The van der Waals surface area contributed by atoms with Crippen LogP contribution in [0.25, 0.3) is 0 Å². The lowest BCUT2D eigenvalue weighted by molar-refractivity contribution is -0.120. The normalized spacial score (nSPS) is 14.1. The number of hydrogen-bond acceptors (Lipinski definition) is 3. The number of fused-ring (bicyclic) bond motifs is 1. The molecular formula is C17H17NO3. The van der Waals surface area contributed by atoms with E-state index in [2.05, 4.69) is 0 Å². The number of rotatable bonds is 3. The molecule has 0 saturated carbocycles. The van der Waals surface area contributed by atoms with Gasteiger partial charge in [-0.15, -0.1) is 0 Å². The molecule has 0 N–H and O–H groups in total. The van der Waals surface area contributed by atoms with E-state index < -0.39 is 0 Å². The second-order valence-electron chi connectivity index (χ2n) is 4.80. The summed E-state index contributed by atoms with van der Waals surface area (Å²) in [4.78, 5) is 14.0. The fourth-order valence-corrected chi connectivity index (χ4v) is 2.38. The molecule has 4 heteroatoms. The van der Waals surface area contributed by atoms with E-state index in [1.807, 2.05) is 55.5 Å². The predicted molar refractivity (Wildman–Crippen MR) is 80.7 cm³/mol. The molecule has 0 atom stereocenters. The van der Waals surface area contributed by atoms with Crippen molar-refractivity contribution < 1.29 is 14.3 Å². The largest absolute Gasteiger partial charge is 0.494 e. The molecule has 1 aliphatic heterocycles. The van der Waals surface area contributed by atoms with Gasteiger partial charge in [0, 0.05) is 11.3 Å². The summed E-state index contributed by atoms with van der Waals surface area (Å²) in [6.45, 7) is 3.15. The Balaban J connectivity index is 1.88. The highest BCUT2D eigenvalue weighted by Crippen LogP contribution is 2.27. The van der Waals surface area contributed by atoms with Gasteiger partial charge in [0.05, 0.1) is 13.2 Å². The van der Waals surface area contributed by atoms with Crippen molar-refractivity contribution in [3.8, 4) is 11.5 Å². The highest BCUT2D eigenvalue weighted by atomic mass is 16.5. The van der Waals surface area contributed by atoms with Crippen molar-refractivity contribution in [2.45, 2.75) is 13.5 Å². The molecule has 1 amide bonds. The molecule has 2 aromatic rings. The maximum Gasteiger partial charge on any atom is 0.265 e. The smallest absolute Gasteiger partial charge is 0.265 e. The van der Waals surface area contributed by atoms with Gasteiger partial charge in [0.2, 0.25) is 0 Å². The van der Waals surface area contributed by atoms with E-state index in [-0.39, 0.29) is 12.5 Å². The minimum Gasteiger partial charge on any atom is -0.494 e. The highest BCUT2D eigenvalue weighted by Gasteiger charge is 2.22. The topological polar surface area (TPSA) is 38.8 Å². The average Bonchev–Trinajstić information content (AvgIpc) is 2.68. The molecule has 1 aliphatic rings. The molecule has 0 unspecified atom stereocenters. The molecule has 0 fully saturated rings. The maximum absolute atomic E-state index is 12.3. The van der Waals surface area contributed by atoms with E-state index in [0.29, 0.717) is 13.2 Å². The summed E-state index contributed by atoms with van der Waals surface area (Å²) in [6.07, 6.45) is 0. The van der Waals surface area contributed by atoms with Gasteiger partial charge in [-0.25, -0.2) is 0 Å². The van der Waals surface area contributed by atoms with Crippen LogP contribution >= 0.6 is 0 Å². The standard InChI is InChI=1S/C17H17NO3/c1-2-20-15-9-7-14(8-10-15)18-11-13-5-3-4-6-16(13)21-12-17(18)19/h3-10H,2,11-12H2,1H3. The van der Waals surface area contributed by atoms with Crippen LogP contribution in [0.15, 0.2) is 48.5 Å². The number of anilines is 1. The summed E-state index contributed by atoms with van der Waals surface area (Å²) in [5.74, 6) is 1.54. The molecule has 4 nitrogen and oxygen atoms in total. The quantitative estimate of drug-likeness (QED) is 0.869. The van der Waals surface area contributed by atoms with Crippen molar-refractivity contribution >= 4 is 11.6 Å². The van der Waals surface area contributed by atoms with Crippen LogP contribution in [0, 0.1) is 0 Å². The number of ether oxygens (including phenoxy) is 2. The van der Waals surface area contributed by atoms with E-state index in [4.69, 9.17) is 9.47 Å². The lowest BCUT2D eigenvalue weighted by Crippen LogP contribution is -2.32. The minimum absolute atomic E-state index is 0.0460. The first-order valence-corrected chi connectivity index (χ1v) is 7.02. The second-order valence-corrected chi connectivity index (χ2v) is 4.80. The lowest BCUT2D eigenvalue weighted by Gasteiger charge is -2.20. The number of hydrogen-bond donors (Lipinski definition) is 0. The maximum atomic E-state index is 12.3. The molecule has 0 aliphatic carbocycles. The van der Waals surface area contributed by atoms with E-state index >= 15 is 0 Å². The Morgan fingerprint density at radius 2 is 1.90 bits per heavy atom. The third-order valence-electron chi connectivity index (χ3n) is 3.41. The number of para-hydroxylation sites is 1. The van der Waals surface area contributed by atoms with Gasteiger partial charge in [0.25, 0.3) is 5.91 Å². The van der Waals surface area contributed by atoms with Crippen LogP contribution in [-0.2, 0) is 11.3 Å². The van der Waals surface area contributed by atoms with Crippen LogP contribution < -0.4 is 14.4 Å². The number of amides is 1. The average molecular weight is 283 g/mol. The SMILES string of the molecule is CCOc1ccc(N2Cc3ccccc3OCC2=O)cc1. The number of nitrogens with zero attached hydrogens (tertiary/aromatic N) is 1. The van der Waals surface area contributed by atoms with Crippen LogP contribution in [0.4, 0.5) is 5.69 Å². The molecule has 108 valence electrons. The summed E-state index contributed by atoms with van der Waals surface area (Å²) in [7, 11) is 0. The van der Waals surface area contributed by atoms with Crippen LogP contribution in [0.5, 0.6) is 11.5 Å². The van der Waals surface area contributed by atoms with Crippen molar-refractivity contribution in [3.05, 3.63) is 54.1 Å². The van der Waals surface area contributed by atoms with Crippen molar-refractivity contribution in [2.24, 2.45) is 0 Å². The Morgan fingerprint density at radius 1 is 1.14 bits per heavy atom. The molecule has 0 spiro atoms. The third-order valence-corrected chi connectivity index (χ3v) is 3.41. The Kier molecular flexibility index (Phi) is 3.77. The van der Waals surface area contributed by atoms with Gasteiger partial charge < -0.3 is 14.4 Å². The first-order valence-electron chi connectivity index (χ1n) is 7.02. The molecule has 0 radical (unpaired) electrons. The monoisotopic (exact) mass is 283 g/mol. The number of benzene rings is 2. The van der Waals surface area contributed by atoms with Gasteiger partial charge in [-0.3, -0.25) is 4.79 Å². The number of carbonyl (C=O) groups excluding carboxylic acids is 1. The van der Waals surface area contributed by atoms with Gasteiger partial charge in [0.1, 0.15) is 11.5 Å². The van der Waals surface area contributed by atoms with Gasteiger partial charge >= 0.3 is 0 Å². The van der Waals surface area contributed by atoms with Crippen molar-refractivity contribution in [1.82, 2.24) is 0 Å².